The van der Waals surface area contributed by atoms with E-state index in [4.69, 9.17) is 0 Å². The Bertz CT molecular complexity index is 546. The van der Waals surface area contributed by atoms with Gasteiger partial charge in [-0.05, 0) is 44.4 Å². The summed E-state index contributed by atoms with van der Waals surface area (Å²) in [6.45, 7) is 3.23. The van der Waals surface area contributed by atoms with Crippen LogP contribution >= 0.6 is 11.3 Å². The van der Waals surface area contributed by atoms with Gasteiger partial charge in [0.2, 0.25) is 10.0 Å². The van der Waals surface area contributed by atoms with E-state index < -0.39 is 10.0 Å². The Hall–Kier alpha value is -0.430. The van der Waals surface area contributed by atoms with Crippen LogP contribution in [0.15, 0.2) is 10.3 Å². The molecule has 1 aliphatic rings. The number of hydrogen-bond donors (Lipinski definition) is 2. The van der Waals surface area contributed by atoms with E-state index in [1.165, 1.54) is 37.0 Å². The van der Waals surface area contributed by atoms with Crippen LogP contribution in [0.3, 0.4) is 0 Å². The van der Waals surface area contributed by atoms with Gasteiger partial charge in [-0.15, -0.1) is 11.3 Å². The second kappa shape index (κ2) is 7.72. The van der Waals surface area contributed by atoms with E-state index in [1.807, 2.05) is 14.0 Å². The molecule has 0 radical (unpaired) electrons. The molecular formula is C15H26N2O2S2. The fourth-order valence-corrected chi connectivity index (χ4v) is 5.64. The summed E-state index contributed by atoms with van der Waals surface area (Å²) in [5.74, 6) is 0.820. The highest BCUT2D eigenvalue weighted by molar-refractivity contribution is 7.91. The van der Waals surface area contributed by atoms with E-state index in [1.54, 1.807) is 6.07 Å². The van der Waals surface area contributed by atoms with Crippen LogP contribution in [-0.4, -0.2) is 22.0 Å². The summed E-state index contributed by atoms with van der Waals surface area (Å²) in [5.41, 5.74) is 1.04. The van der Waals surface area contributed by atoms with Crippen molar-refractivity contribution in [3.05, 3.63) is 16.5 Å². The van der Waals surface area contributed by atoms with Gasteiger partial charge in [0.05, 0.1) is 0 Å². The zero-order valence-electron chi connectivity index (χ0n) is 12.9. The van der Waals surface area contributed by atoms with Gasteiger partial charge in [0.25, 0.3) is 0 Å². The first kappa shape index (κ1) is 16.9. The number of rotatable bonds is 8. The predicted octanol–water partition coefficient (Wildman–Crippen LogP) is 3.02. The van der Waals surface area contributed by atoms with E-state index in [9.17, 15) is 8.42 Å². The average molecular weight is 331 g/mol. The van der Waals surface area contributed by atoms with Crippen molar-refractivity contribution in [2.24, 2.45) is 5.92 Å². The monoisotopic (exact) mass is 330 g/mol. The normalized spacial score (nSPS) is 16.7. The Morgan fingerprint density at radius 1 is 1.33 bits per heavy atom. The fourth-order valence-electron chi connectivity index (χ4n) is 2.92. The van der Waals surface area contributed by atoms with E-state index in [2.05, 4.69) is 10.0 Å². The average Bonchev–Trinajstić information content (AvgIpc) is 3.06. The summed E-state index contributed by atoms with van der Waals surface area (Å²) in [6, 6.07) is 1.77. The maximum Gasteiger partial charge on any atom is 0.250 e. The molecule has 0 aromatic carbocycles. The molecule has 2 N–H and O–H groups in total. The smallest absolute Gasteiger partial charge is 0.250 e. The molecule has 0 atom stereocenters. The molecule has 21 heavy (non-hydrogen) atoms. The molecule has 1 aliphatic carbocycles. The molecule has 2 rings (SSSR count). The lowest BCUT2D eigenvalue weighted by atomic mass is 10.0. The molecule has 0 saturated heterocycles. The first-order valence-electron chi connectivity index (χ1n) is 7.76. The molecule has 0 aliphatic heterocycles. The SMILES string of the molecule is CNCc1sc(S(=O)(=O)NCCCC2CCCC2)cc1C. The molecule has 0 bridgehead atoms. The molecular weight excluding hydrogens is 304 g/mol. The summed E-state index contributed by atoms with van der Waals surface area (Å²) in [7, 11) is -1.47. The molecule has 1 fully saturated rings. The first-order chi connectivity index (χ1) is 10.0. The topological polar surface area (TPSA) is 58.2 Å². The summed E-state index contributed by atoms with van der Waals surface area (Å²) >= 11 is 1.36. The lowest BCUT2D eigenvalue weighted by Gasteiger charge is -2.09. The van der Waals surface area contributed by atoms with Gasteiger partial charge >= 0.3 is 0 Å². The number of aryl methyl sites for hydroxylation is 1. The van der Waals surface area contributed by atoms with Crippen LogP contribution in [0, 0.1) is 12.8 Å². The first-order valence-corrected chi connectivity index (χ1v) is 10.1. The van der Waals surface area contributed by atoms with Crippen molar-refractivity contribution in [2.45, 2.75) is 56.2 Å². The molecule has 1 saturated carbocycles. The molecule has 0 spiro atoms. The van der Waals surface area contributed by atoms with Gasteiger partial charge in [0.1, 0.15) is 4.21 Å². The fraction of sp³-hybridized carbons (Fsp3) is 0.733. The Morgan fingerprint density at radius 2 is 2.05 bits per heavy atom. The van der Waals surface area contributed by atoms with Gasteiger partial charge in [0, 0.05) is 18.0 Å². The maximum absolute atomic E-state index is 12.3. The zero-order valence-corrected chi connectivity index (χ0v) is 14.6. The summed E-state index contributed by atoms with van der Waals surface area (Å²) < 4.78 is 27.7. The molecule has 0 amide bonds. The van der Waals surface area contributed by atoms with Crippen LogP contribution in [0.25, 0.3) is 0 Å². The number of nitrogens with one attached hydrogen (secondary N) is 2. The molecule has 4 nitrogen and oxygen atoms in total. The highest BCUT2D eigenvalue weighted by Gasteiger charge is 2.19. The molecule has 1 heterocycles. The predicted molar refractivity (Wildman–Crippen MR) is 88.2 cm³/mol. The van der Waals surface area contributed by atoms with Gasteiger partial charge in [-0.1, -0.05) is 25.7 Å². The third-order valence-corrected chi connectivity index (χ3v) is 7.33. The number of hydrogen-bond acceptors (Lipinski definition) is 4. The highest BCUT2D eigenvalue weighted by atomic mass is 32.2. The Morgan fingerprint density at radius 3 is 2.71 bits per heavy atom. The Balaban J connectivity index is 1.84. The Kier molecular flexibility index (Phi) is 6.22. The van der Waals surface area contributed by atoms with Crippen molar-refractivity contribution in [1.29, 1.82) is 0 Å². The molecule has 6 heteroatoms. The van der Waals surface area contributed by atoms with Crippen LogP contribution in [-0.2, 0) is 16.6 Å². The third-order valence-electron chi connectivity index (χ3n) is 4.16. The van der Waals surface area contributed by atoms with Crippen molar-refractivity contribution in [2.75, 3.05) is 13.6 Å². The van der Waals surface area contributed by atoms with E-state index in [-0.39, 0.29) is 0 Å². The number of sulfonamides is 1. The molecule has 120 valence electrons. The summed E-state index contributed by atoms with van der Waals surface area (Å²) in [4.78, 5) is 1.09. The number of thiophene rings is 1. The van der Waals surface area contributed by atoms with Crippen LogP contribution in [0.2, 0.25) is 0 Å². The minimum atomic E-state index is -3.34. The van der Waals surface area contributed by atoms with Crippen LogP contribution in [0.5, 0.6) is 0 Å². The lowest BCUT2D eigenvalue weighted by molar-refractivity contribution is 0.480. The van der Waals surface area contributed by atoms with Gasteiger partial charge < -0.3 is 5.32 Å². The van der Waals surface area contributed by atoms with E-state index >= 15 is 0 Å². The molecule has 1 aromatic heterocycles. The quantitative estimate of drug-likeness (QED) is 0.720. The molecule has 1 aromatic rings. The van der Waals surface area contributed by atoms with Gasteiger partial charge in [-0.25, -0.2) is 13.1 Å². The maximum atomic E-state index is 12.3. The van der Waals surface area contributed by atoms with Crippen molar-refractivity contribution in [1.82, 2.24) is 10.0 Å². The standard InChI is InChI=1S/C15H26N2O2S2/c1-12-10-15(20-14(12)11-16-2)21(18,19)17-9-5-8-13-6-3-4-7-13/h10,13,16-17H,3-9,11H2,1-2H3. The summed E-state index contributed by atoms with van der Waals surface area (Å²) in [6.07, 6.45) is 7.43. The third kappa shape index (κ3) is 4.77. The van der Waals surface area contributed by atoms with E-state index in [0.717, 1.165) is 29.2 Å². The lowest BCUT2D eigenvalue weighted by Crippen LogP contribution is -2.24. The minimum absolute atomic E-state index is 0.436. The second-order valence-corrected chi connectivity index (χ2v) is 9.02. The van der Waals surface area contributed by atoms with Crippen LogP contribution < -0.4 is 10.0 Å². The van der Waals surface area contributed by atoms with Crippen molar-refractivity contribution < 1.29 is 8.42 Å². The highest BCUT2D eigenvalue weighted by Crippen LogP contribution is 2.28. The zero-order chi connectivity index (χ0) is 15.3. The van der Waals surface area contributed by atoms with Crippen molar-refractivity contribution >= 4 is 21.4 Å². The van der Waals surface area contributed by atoms with E-state index in [0.29, 0.717) is 17.3 Å². The van der Waals surface area contributed by atoms with Crippen molar-refractivity contribution in [3.63, 3.8) is 0 Å². The van der Waals surface area contributed by atoms with Crippen molar-refractivity contribution in [3.8, 4) is 0 Å². The second-order valence-electron chi connectivity index (χ2n) is 5.89. The van der Waals surface area contributed by atoms with Crippen LogP contribution in [0.1, 0.15) is 49.0 Å². The largest absolute Gasteiger partial charge is 0.315 e. The van der Waals surface area contributed by atoms with Crippen LogP contribution in [0.4, 0.5) is 0 Å². The minimum Gasteiger partial charge on any atom is -0.315 e. The van der Waals surface area contributed by atoms with Gasteiger partial charge in [-0.2, -0.15) is 0 Å². The Labute approximate surface area is 132 Å². The molecule has 0 unspecified atom stereocenters. The van der Waals surface area contributed by atoms with Gasteiger partial charge in [0.15, 0.2) is 0 Å². The summed E-state index contributed by atoms with van der Waals surface area (Å²) in [5, 5.41) is 3.07. The van der Waals surface area contributed by atoms with Gasteiger partial charge in [-0.3, -0.25) is 0 Å².